The topological polar surface area (TPSA) is 61.4 Å². The third-order valence-corrected chi connectivity index (χ3v) is 1.73. The molecule has 4 nitrogen and oxygen atoms in total. The first-order valence-electron chi connectivity index (χ1n) is 3.87. The highest BCUT2D eigenvalue weighted by Crippen LogP contribution is 2.03. The lowest BCUT2D eigenvalue weighted by molar-refractivity contribution is -0.132. The van der Waals surface area contributed by atoms with Crippen LogP contribution in [0.1, 0.15) is 12.8 Å². The number of carbonyl (C=O) groups is 1. The van der Waals surface area contributed by atoms with Gasteiger partial charge in [0.15, 0.2) is 0 Å². The highest BCUT2D eigenvalue weighted by Gasteiger charge is 2.07. The van der Waals surface area contributed by atoms with Gasteiger partial charge in [-0.25, -0.2) is 4.79 Å². The molecule has 0 aliphatic carbocycles. The lowest BCUT2D eigenvalue weighted by Crippen LogP contribution is -2.37. The Morgan fingerprint density at radius 3 is 2.33 bits per heavy atom. The lowest BCUT2D eigenvalue weighted by atomic mass is 10.1. The molecule has 0 aromatic rings. The molecule has 0 aromatic carbocycles. The van der Waals surface area contributed by atoms with E-state index in [9.17, 15) is 4.79 Å². The number of carboxylic acid groups (broad SMARTS) is 1. The maximum absolute atomic E-state index is 10.3. The maximum atomic E-state index is 10.3. The molecule has 0 rings (SSSR count). The van der Waals surface area contributed by atoms with Crippen LogP contribution in [0.5, 0.6) is 0 Å². The summed E-state index contributed by atoms with van der Waals surface area (Å²) < 4.78 is 0. The number of aliphatic carboxylic acids is 1. The summed E-state index contributed by atoms with van der Waals surface area (Å²) in [4.78, 5) is 10.3. The zero-order valence-electron chi connectivity index (χ0n) is 7.55. The Hall–Kier alpha value is -0.870. The summed E-state index contributed by atoms with van der Waals surface area (Å²) in [5.74, 6) is -0.916. The zero-order chi connectivity index (χ0) is 9.56. The molecule has 0 atom stereocenters. The van der Waals surface area contributed by atoms with Crippen molar-refractivity contribution in [3.05, 3.63) is 12.2 Å². The third-order valence-electron chi connectivity index (χ3n) is 1.73. The maximum Gasteiger partial charge on any atom is 0.330 e. The molecule has 0 unspecified atom stereocenters. The molecule has 0 aliphatic heterocycles. The van der Waals surface area contributed by atoms with Gasteiger partial charge in [-0.15, -0.1) is 0 Å². The van der Waals surface area contributed by atoms with Crippen LogP contribution in [-0.4, -0.2) is 31.3 Å². The Balaban J connectivity index is 3.66. The zero-order valence-corrected chi connectivity index (χ0v) is 7.55. The standard InChI is InChI=1S/C8H16N2O2/c1-6(8(11)12)4-5-7(9-2)10-3/h7,9-10H,1,4-5H2,2-3H3,(H,11,12). The summed E-state index contributed by atoms with van der Waals surface area (Å²) >= 11 is 0. The van der Waals surface area contributed by atoms with E-state index in [1.807, 2.05) is 14.1 Å². The van der Waals surface area contributed by atoms with Gasteiger partial charge in [0.05, 0.1) is 6.17 Å². The molecular weight excluding hydrogens is 156 g/mol. The van der Waals surface area contributed by atoms with Crippen molar-refractivity contribution in [2.75, 3.05) is 14.1 Å². The van der Waals surface area contributed by atoms with Crippen molar-refractivity contribution in [3.8, 4) is 0 Å². The Bertz CT molecular complexity index is 164. The van der Waals surface area contributed by atoms with Crippen LogP contribution in [0.2, 0.25) is 0 Å². The molecule has 0 heterocycles. The van der Waals surface area contributed by atoms with Gasteiger partial charge in [-0.3, -0.25) is 0 Å². The lowest BCUT2D eigenvalue weighted by Gasteiger charge is -2.14. The van der Waals surface area contributed by atoms with Crippen LogP contribution in [0.3, 0.4) is 0 Å². The summed E-state index contributed by atoms with van der Waals surface area (Å²) in [6.07, 6.45) is 1.39. The first-order valence-corrected chi connectivity index (χ1v) is 3.87. The van der Waals surface area contributed by atoms with Gasteiger partial charge in [-0.1, -0.05) is 6.58 Å². The number of rotatable bonds is 6. The summed E-state index contributed by atoms with van der Waals surface area (Å²) in [7, 11) is 3.65. The van der Waals surface area contributed by atoms with Crippen molar-refractivity contribution in [2.24, 2.45) is 0 Å². The molecule has 0 amide bonds. The van der Waals surface area contributed by atoms with E-state index in [-0.39, 0.29) is 11.7 Å². The molecule has 0 bridgehead atoms. The van der Waals surface area contributed by atoms with E-state index in [0.29, 0.717) is 6.42 Å². The second-order valence-corrected chi connectivity index (χ2v) is 2.58. The van der Waals surface area contributed by atoms with E-state index in [1.54, 1.807) is 0 Å². The van der Waals surface area contributed by atoms with Crippen LogP contribution < -0.4 is 10.6 Å². The molecule has 0 radical (unpaired) electrons. The minimum atomic E-state index is -0.916. The van der Waals surface area contributed by atoms with Crippen molar-refractivity contribution < 1.29 is 9.90 Å². The average Bonchev–Trinajstić information content (AvgIpc) is 2.05. The third kappa shape index (κ3) is 4.10. The average molecular weight is 172 g/mol. The van der Waals surface area contributed by atoms with E-state index in [1.165, 1.54) is 0 Å². The molecule has 12 heavy (non-hydrogen) atoms. The minimum Gasteiger partial charge on any atom is -0.478 e. The Morgan fingerprint density at radius 1 is 1.50 bits per heavy atom. The Kier molecular flexibility index (Phi) is 5.32. The number of carboxylic acids is 1. The first kappa shape index (κ1) is 11.1. The van der Waals surface area contributed by atoms with Crippen LogP contribution in [0.25, 0.3) is 0 Å². The van der Waals surface area contributed by atoms with Gasteiger partial charge in [0.25, 0.3) is 0 Å². The normalized spacial score (nSPS) is 10.2. The predicted octanol–water partition coefficient (Wildman–Crippen LogP) is 0.172. The molecule has 0 aliphatic rings. The molecule has 4 heteroatoms. The number of hydrogen-bond acceptors (Lipinski definition) is 3. The van der Waals surface area contributed by atoms with E-state index in [4.69, 9.17) is 5.11 Å². The summed E-state index contributed by atoms with van der Waals surface area (Å²) in [6.45, 7) is 3.44. The van der Waals surface area contributed by atoms with E-state index < -0.39 is 5.97 Å². The van der Waals surface area contributed by atoms with E-state index in [0.717, 1.165) is 6.42 Å². The fraction of sp³-hybridized carbons (Fsp3) is 0.625. The minimum absolute atomic E-state index is 0.154. The first-order chi connectivity index (χ1) is 5.61. The Morgan fingerprint density at radius 2 is 2.00 bits per heavy atom. The van der Waals surface area contributed by atoms with Crippen LogP contribution in [-0.2, 0) is 4.79 Å². The van der Waals surface area contributed by atoms with Crippen molar-refractivity contribution in [1.82, 2.24) is 10.6 Å². The smallest absolute Gasteiger partial charge is 0.330 e. The van der Waals surface area contributed by atoms with Crippen molar-refractivity contribution >= 4 is 5.97 Å². The number of nitrogens with one attached hydrogen (secondary N) is 2. The second kappa shape index (κ2) is 5.74. The van der Waals surface area contributed by atoms with Gasteiger partial charge in [-0.2, -0.15) is 0 Å². The van der Waals surface area contributed by atoms with Gasteiger partial charge < -0.3 is 15.7 Å². The quantitative estimate of drug-likeness (QED) is 0.395. The van der Waals surface area contributed by atoms with Gasteiger partial charge in [0.2, 0.25) is 0 Å². The van der Waals surface area contributed by atoms with Gasteiger partial charge >= 0.3 is 5.97 Å². The Labute approximate surface area is 72.7 Å². The van der Waals surface area contributed by atoms with Crippen molar-refractivity contribution in [1.29, 1.82) is 0 Å². The monoisotopic (exact) mass is 172 g/mol. The van der Waals surface area contributed by atoms with Crippen LogP contribution in [0.4, 0.5) is 0 Å². The molecule has 70 valence electrons. The van der Waals surface area contributed by atoms with E-state index >= 15 is 0 Å². The number of hydrogen-bond donors (Lipinski definition) is 3. The molecule has 3 N–H and O–H groups in total. The fourth-order valence-electron chi connectivity index (χ4n) is 0.859. The van der Waals surface area contributed by atoms with Gasteiger partial charge in [0.1, 0.15) is 0 Å². The van der Waals surface area contributed by atoms with Crippen molar-refractivity contribution in [2.45, 2.75) is 19.0 Å². The van der Waals surface area contributed by atoms with Crippen LogP contribution in [0.15, 0.2) is 12.2 Å². The van der Waals surface area contributed by atoms with Crippen molar-refractivity contribution in [3.63, 3.8) is 0 Å². The summed E-state index contributed by atoms with van der Waals surface area (Å²) in [6, 6.07) is 0. The van der Waals surface area contributed by atoms with Gasteiger partial charge in [0, 0.05) is 5.57 Å². The van der Waals surface area contributed by atoms with Gasteiger partial charge in [-0.05, 0) is 26.9 Å². The highest BCUT2D eigenvalue weighted by atomic mass is 16.4. The SMILES string of the molecule is C=C(CCC(NC)NC)C(=O)O. The fourth-order valence-corrected chi connectivity index (χ4v) is 0.859. The largest absolute Gasteiger partial charge is 0.478 e. The molecule has 0 fully saturated rings. The predicted molar refractivity (Wildman–Crippen MR) is 47.9 cm³/mol. The highest BCUT2D eigenvalue weighted by molar-refractivity contribution is 5.85. The van der Waals surface area contributed by atoms with Crippen LogP contribution >= 0.6 is 0 Å². The molecule has 0 aromatic heterocycles. The molecule has 0 saturated carbocycles. The summed E-state index contributed by atoms with van der Waals surface area (Å²) in [5, 5.41) is 14.5. The molecule has 0 saturated heterocycles. The van der Waals surface area contributed by atoms with E-state index in [2.05, 4.69) is 17.2 Å². The molecule has 0 spiro atoms. The summed E-state index contributed by atoms with van der Waals surface area (Å²) in [5.41, 5.74) is 0.255. The molecular formula is C8H16N2O2. The second-order valence-electron chi connectivity index (χ2n) is 2.58. The van der Waals surface area contributed by atoms with Crippen LogP contribution in [0, 0.1) is 0 Å².